The molecule has 1 aliphatic heterocycles. The van der Waals surface area contributed by atoms with Gasteiger partial charge in [0.05, 0.1) is 0 Å². The van der Waals surface area contributed by atoms with E-state index in [4.69, 9.17) is 4.42 Å². The summed E-state index contributed by atoms with van der Waals surface area (Å²) in [5.41, 5.74) is 1.47. The minimum absolute atomic E-state index is 0.0147. The molecule has 144 valence electrons. The second-order valence-corrected chi connectivity index (χ2v) is 6.91. The van der Waals surface area contributed by atoms with E-state index < -0.39 is 0 Å². The Morgan fingerprint density at radius 1 is 1.18 bits per heavy atom. The van der Waals surface area contributed by atoms with Gasteiger partial charge in [-0.2, -0.15) is 0 Å². The number of aryl methyl sites for hydroxylation is 1. The number of nitrogens with zero attached hydrogens (tertiary/aromatic N) is 3. The van der Waals surface area contributed by atoms with E-state index in [9.17, 15) is 9.59 Å². The average molecular weight is 378 g/mol. The first-order valence-electron chi connectivity index (χ1n) is 9.24. The first-order chi connectivity index (χ1) is 13.5. The number of nitrogens with one attached hydrogen (secondary N) is 1. The van der Waals surface area contributed by atoms with E-state index in [0.717, 1.165) is 17.9 Å². The van der Waals surface area contributed by atoms with Gasteiger partial charge in [-0.3, -0.25) is 9.59 Å². The number of benzene rings is 1. The Morgan fingerprint density at radius 3 is 2.64 bits per heavy atom. The van der Waals surface area contributed by atoms with Crippen molar-refractivity contribution in [2.75, 3.05) is 19.6 Å². The Kier molecular flexibility index (Phi) is 4.83. The molecule has 1 aromatic carbocycles. The quantitative estimate of drug-likeness (QED) is 0.706. The summed E-state index contributed by atoms with van der Waals surface area (Å²) >= 11 is 0. The van der Waals surface area contributed by atoms with E-state index in [2.05, 4.69) is 10.3 Å². The second-order valence-electron chi connectivity index (χ2n) is 6.91. The molecule has 7 nitrogen and oxygen atoms in total. The van der Waals surface area contributed by atoms with Crippen LogP contribution in [0, 0.1) is 0 Å². The van der Waals surface area contributed by atoms with Crippen molar-refractivity contribution in [1.82, 2.24) is 19.8 Å². The summed E-state index contributed by atoms with van der Waals surface area (Å²) in [4.78, 5) is 30.8. The molecule has 1 saturated heterocycles. The van der Waals surface area contributed by atoms with Gasteiger partial charge in [-0.25, -0.2) is 4.98 Å². The molecule has 2 aromatic heterocycles. The molecule has 0 saturated carbocycles. The van der Waals surface area contributed by atoms with E-state index in [-0.39, 0.29) is 17.7 Å². The van der Waals surface area contributed by atoms with E-state index >= 15 is 0 Å². The number of carbonyl (C=O) groups excluding carboxylic acids is 2. The van der Waals surface area contributed by atoms with Crippen molar-refractivity contribution in [3.63, 3.8) is 0 Å². The number of ketones is 1. The summed E-state index contributed by atoms with van der Waals surface area (Å²) < 4.78 is 7.79. The maximum atomic E-state index is 13.1. The number of Topliss-reactive ketones (excluding diaryl/α,β-unsaturated/α-hetero) is 1. The summed E-state index contributed by atoms with van der Waals surface area (Å²) in [6.45, 7) is 3.49. The molecule has 1 unspecified atom stereocenters. The molecular formula is C21H22N4O3. The van der Waals surface area contributed by atoms with Crippen LogP contribution in [0.15, 0.2) is 53.2 Å². The molecule has 0 spiro atoms. The zero-order valence-corrected chi connectivity index (χ0v) is 15.9. The Hall–Kier alpha value is -3.19. The molecule has 1 fully saturated rings. The zero-order valence-electron chi connectivity index (χ0n) is 15.9. The minimum atomic E-state index is -0.152. The van der Waals surface area contributed by atoms with Crippen molar-refractivity contribution in [1.29, 1.82) is 0 Å². The molecule has 0 radical (unpaired) electrons. The van der Waals surface area contributed by atoms with Gasteiger partial charge < -0.3 is 19.2 Å². The van der Waals surface area contributed by atoms with Gasteiger partial charge in [-0.1, -0.05) is 24.3 Å². The third kappa shape index (κ3) is 3.36. The number of aromatic nitrogens is 2. The van der Waals surface area contributed by atoms with Crippen LogP contribution in [-0.4, -0.2) is 45.8 Å². The molecule has 4 rings (SSSR count). The maximum Gasteiger partial charge on any atom is 0.290 e. The van der Waals surface area contributed by atoms with Crippen LogP contribution in [-0.2, 0) is 7.05 Å². The topological polar surface area (TPSA) is 80.4 Å². The van der Waals surface area contributed by atoms with Crippen LogP contribution in [0.2, 0.25) is 0 Å². The summed E-state index contributed by atoms with van der Waals surface area (Å²) in [5, 5.41) is 3.33. The predicted octanol–water partition coefficient (Wildman–Crippen LogP) is 2.67. The van der Waals surface area contributed by atoms with Gasteiger partial charge in [0, 0.05) is 50.2 Å². The molecule has 0 bridgehead atoms. The summed E-state index contributed by atoms with van der Waals surface area (Å²) in [7, 11) is 1.93. The fourth-order valence-corrected chi connectivity index (χ4v) is 3.50. The van der Waals surface area contributed by atoms with Gasteiger partial charge in [-0.05, 0) is 19.1 Å². The fraction of sp³-hybridized carbons (Fsp3) is 0.286. The van der Waals surface area contributed by atoms with Crippen molar-refractivity contribution in [3.05, 3.63) is 65.9 Å². The van der Waals surface area contributed by atoms with Crippen molar-refractivity contribution in [3.8, 4) is 11.3 Å². The number of carbonyl (C=O) groups is 2. The summed E-state index contributed by atoms with van der Waals surface area (Å²) in [6, 6.07) is 10.5. The minimum Gasteiger partial charge on any atom is -0.451 e. The molecule has 3 aromatic rings. The lowest BCUT2D eigenvalue weighted by Gasteiger charge is -2.35. The highest BCUT2D eigenvalue weighted by molar-refractivity contribution is 5.94. The van der Waals surface area contributed by atoms with Crippen LogP contribution in [0.4, 0.5) is 0 Å². The average Bonchev–Trinajstić information content (AvgIpc) is 3.37. The number of hydrogen-bond donors (Lipinski definition) is 1. The van der Waals surface area contributed by atoms with Crippen LogP contribution in [0.25, 0.3) is 11.3 Å². The van der Waals surface area contributed by atoms with E-state index in [1.165, 1.54) is 6.92 Å². The largest absolute Gasteiger partial charge is 0.451 e. The van der Waals surface area contributed by atoms with Crippen molar-refractivity contribution < 1.29 is 14.0 Å². The third-order valence-electron chi connectivity index (χ3n) is 5.05. The van der Waals surface area contributed by atoms with E-state index in [1.54, 1.807) is 35.4 Å². The van der Waals surface area contributed by atoms with Crippen LogP contribution < -0.4 is 5.32 Å². The Bertz CT molecular complexity index is 1000. The smallest absolute Gasteiger partial charge is 0.290 e. The van der Waals surface area contributed by atoms with Gasteiger partial charge in [0.15, 0.2) is 11.5 Å². The highest BCUT2D eigenvalue weighted by Crippen LogP contribution is 2.27. The molecule has 7 heteroatoms. The number of furan rings is 1. The molecule has 1 aliphatic rings. The van der Waals surface area contributed by atoms with Gasteiger partial charge in [0.25, 0.3) is 5.91 Å². The van der Waals surface area contributed by atoms with Gasteiger partial charge in [0.1, 0.15) is 17.6 Å². The van der Waals surface area contributed by atoms with Crippen LogP contribution >= 0.6 is 0 Å². The van der Waals surface area contributed by atoms with Crippen LogP contribution in [0.1, 0.15) is 39.7 Å². The Balaban J connectivity index is 1.58. The molecule has 1 N–H and O–H groups in total. The first-order valence-corrected chi connectivity index (χ1v) is 9.24. The monoisotopic (exact) mass is 378 g/mol. The maximum absolute atomic E-state index is 13.1. The molecular weight excluding hydrogens is 356 g/mol. The molecule has 28 heavy (non-hydrogen) atoms. The SMILES string of the molecule is CC(=O)c1ccc(-c2ccc(C(=O)N3CCNCC3c3nccn3C)o2)cc1. The fourth-order valence-electron chi connectivity index (χ4n) is 3.50. The number of rotatable bonds is 4. The van der Waals surface area contributed by atoms with Crippen molar-refractivity contribution in [2.45, 2.75) is 13.0 Å². The van der Waals surface area contributed by atoms with Gasteiger partial charge in [-0.15, -0.1) is 0 Å². The standard InChI is InChI=1S/C21H22N4O3/c1-14(26)15-3-5-16(6-4-15)18-7-8-19(28-18)21(27)25-12-9-22-13-17(25)20-23-10-11-24(20)2/h3-8,10-11,17,22H,9,12-13H2,1-2H3. The number of imidazole rings is 1. The van der Waals surface area contributed by atoms with Crippen LogP contribution in [0.5, 0.6) is 0 Å². The second kappa shape index (κ2) is 7.44. The highest BCUT2D eigenvalue weighted by atomic mass is 16.4. The van der Waals surface area contributed by atoms with Crippen LogP contribution in [0.3, 0.4) is 0 Å². The normalized spacial score (nSPS) is 16.9. The Labute approximate surface area is 163 Å². The van der Waals surface area contributed by atoms with Crippen molar-refractivity contribution in [2.24, 2.45) is 7.05 Å². The Morgan fingerprint density at radius 2 is 1.96 bits per heavy atom. The highest BCUT2D eigenvalue weighted by Gasteiger charge is 2.32. The molecule has 0 aliphatic carbocycles. The van der Waals surface area contributed by atoms with E-state index in [1.807, 2.05) is 29.9 Å². The first kappa shape index (κ1) is 18.2. The number of hydrogen-bond acceptors (Lipinski definition) is 5. The molecule has 1 atom stereocenters. The zero-order chi connectivity index (χ0) is 19.7. The number of piperazine rings is 1. The van der Waals surface area contributed by atoms with E-state index in [0.29, 0.717) is 30.2 Å². The third-order valence-corrected chi connectivity index (χ3v) is 5.05. The lowest BCUT2D eigenvalue weighted by molar-refractivity contribution is 0.0589. The lowest BCUT2D eigenvalue weighted by Crippen LogP contribution is -2.49. The summed E-state index contributed by atoms with van der Waals surface area (Å²) in [5.74, 6) is 1.60. The van der Waals surface area contributed by atoms with Gasteiger partial charge >= 0.3 is 0 Å². The molecule has 3 heterocycles. The van der Waals surface area contributed by atoms with Crippen molar-refractivity contribution >= 4 is 11.7 Å². The lowest BCUT2D eigenvalue weighted by atomic mass is 10.1. The number of amides is 1. The van der Waals surface area contributed by atoms with Gasteiger partial charge in [0.2, 0.25) is 0 Å². The predicted molar refractivity (Wildman–Crippen MR) is 104 cm³/mol. The molecule has 1 amide bonds. The summed E-state index contributed by atoms with van der Waals surface area (Å²) in [6.07, 6.45) is 3.62.